The van der Waals surface area contributed by atoms with Crippen LogP contribution in [0.2, 0.25) is 0 Å². The normalized spacial score (nSPS) is 18.7. The van der Waals surface area contributed by atoms with Crippen LogP contribution in [-0.4, -0.2) is 72.3 Å². The summed E-state index contributed by atoms with van der Waals surface area (Å²) in [6.45, 7) is 7.99. The van der Waals surface area contributed by atoms with E-state index in [1.807, 2.05) is 0 Å². The van der Waals surface area contributed by atoms with Gasteiger partial charge < -0.3 is 9.47 Å². The molecule has 0 saturated carbocycles. The number of nitrogens with zero attached hydrogens (tertiary/aromatic N) is 4. The first-order valence-electron chi connectivity index (χ1n) is 6.42. The smallest absolute Gasteiger partial charge is 0.235 e. The van der Waals surface area contributed by atoms with Gasteiger partial charge in [-0.3, -0.25) is 14.8 Å². The Morgan fingerprint density at radius 1 is 0.889 bits per heavy atom. The molecular formula is C12H18N4O2. The second-order valence-electron chi connectivity index (χ2n) is 4.58. The van der Waals surface area contributed by atoms with Crippen LogP contribution < -0.4 is 9.47 Å². The van der Waals surface area contributed by atoms with Gasteiger partial charge in [-0.25, -0.2) is 0 Å². The zero-order chi connectivity index (χ0) is 12.2. The van der Waals surface area contributed by atoms with E-state index in [1.165, 1.54) is 26.2 Å². The molecule has 3 rings (SSSR count). The Balaban J connectivity index is 1.41. The molecule has 98 valence electrons. The first-order valence-corrected chi connectivity index (χ1v) is 6.42. The van der Waals surface area contributed by atoms with Gasteiger partial charge in [0.2, 0.25) is 11.8 Å². The predicted molar refractivity (Wildman–Crippen MR) is 65.9 cm³/mol. The molecule has 2 aliphatic heterocycles. The van der Waals surface area contributed by atoms with Crippen LogP contribution in [0.3, 0.4) is 0 Å². The monoisotopic (exact) mass is 250 g/mol. The van der Waals surface area contributed by atoms with Gasteiger partial charge in [0.1, 0.15) is 13.2 Å². The van der Waals surface area contributed by atoms with E-state index < -0.39 is 0 Å². The van der Waals surface area contributed by atoms with Crippen LogP contribution in [0.15, 0.2) is 12.4 Å². The van der Waals surface area contributed by atoms with Crippen LogP contribution in [0.1, 0.15) is 0 Å². The highest BCUT2D eigenvalue weighted by Gasteiger charge is 2.17. The van der Waals surface area contributed by atoms with Crippen molar-refractivity contribution in [3.05, 3.63) is 12.4 Å². The minimum atomic E-state index is 0.543. The second-order valence-corrected chi connectivity index (χ2v) is 4.58. The summed E-state index contributed by atoms with van der Waals surface area (Å²) in [5, 5.41) is 0. The van der Waals surface area contributed by atoms with Crippen molar-refractivity contribution in [3.8, 4) is 11.8 Å². The Labute approximate surface area is 107 Å². The van der Waals surface area contributed by atoms with E-state index in [-0.39, 0.29) is 0 Å². The van der Waals surface area contributed by atoms with Gasteiger partial charge in [0.25, 0.3) is 0 Å². The summed E-state index contributed by atoms with van der Waals surface area (Å²) >= 11 is 0. The lowest BCUT2D eigenvalue weighted by atomic mass is 10.6. The summed E-state index contributed by atoms with van der Waals surface area (Å²) in [6.07, 6.45) is 3.25. The summed E-state index contributed by atoms with van der Waals surface area (Å²) < 4.78 is 11.1. The molecule has 0 N–H and O–H groups in total. The maximum absolute atomic E-state index is 5.53. The Morgan fingerprint density at radius 2 is 1.39 bits per heavy atom. The van der Waals surface area contributed by atoms with E-state index >= 15 is 0 Å². The fourth-order valence-electron chi connectivity index (χ4n) is 1.62. The lowest BCUT2D eigenvalue weighted by molar-refractivity contribution is 0.258. The highest BCUT2D eigenvalue weighted by atomic mass is 16.5. The lowest BCUT2D eigenvalue weighted by Gasteiger charge is -2.08. The van der Waals surface area contributed by atoms with E-state index in [9.17, 15) is 0 Å². The molecule has 6 nitrogen and oxygen atoms in total. The summed E-state index contributed by atoms with van der Waals surface area (Å²) in [4.78, 5) is 12.9. The third kappa shape index (κ3) is 3.82. The Hall–Kier alpha value is -1.40. The van der Waals surface area contributed by atoms with Gasteiger partial charge in [-0.2, -0.15) is 4.98 Å². The van der Waals surface area contributed by atoms with Crippen LogP contribution >= 0.6 is 0 Å². The van der Waals surface area contributed by atoms with Crippen LogP contribution in [0, 0.1) is 0 Å². The quantitative estimate of drug-likeness (QED) is 0.599. The van der Waals surface area contributed by atoms with Crippen molar-refractivity contribution in [2.75, 3.05) is 52.5 Å². The van der Waals surface area contributed by atoms with Crippen molar-refractivity contribution in [2.45, 2.75) is 0 Å². The Kier molecular flexibility index (Phi) is 3.56. The maximum Gasteiger partial charge on any atom is 0.235 e. The minimum Gasteiger partial charge on any atom is -0.475 e. The standard InChI is InChI=1S/C12H18N4O2/c1-2-15(1)5-7-17-11-9-13-10-12(14-11)18-8-6-16-3-4-16/h9-10H,1-8H2. The third-order valence-corrected chi connectivity index (χ3v) is 2.98. The molecule has 18 heavy (non-hydrogen) atoms. The predicted octanol–water partition coefficient (Wildman–Crippen LogP) is -0.135. The number of rotatable bonds is 8. The Morgan fingerprint density at radius 3 is 1.83 bits per heavy atom. The molecule has 2 aliphatic rings. The highest BCUT2D eigenvalue weighted by molar-refractivity contribution is 5.12. The fraction of sp³-hybridized carbons (Fsp3) is 0.667. The average Bonchev–Trinajstić information content (AvgIpc) is 3.25. The molecule has 0 aliphatic carbocycles. The fourth-order valence-corrected chi connectivity index (χ4v) is 1.62. The first kappa shape index (κ1) is 11.7. The summed E-state index contributed by atoms with van der Waals surface area (Å²) in [5.74, 6) is 1.09. The van der Waals surface area contributed by atoms with Crippen LogP contribution in [-0.2, 0) is 0 Å². The zero-order valence-corrected chi connectivity index (χ0v) is 10.4. The average molecular weight is 250 g/mol. The molecule has 0 spiro atoms. The van der Waals surface area contributed by atoms with Crippen molar-refractivity contribution in [2.24, 2.45) is 0 Å². The molecule has 1 aromatic heterocycles. The number of ether oxygens (including phenoxy) is 2. The molecule has 2 saturated heterocycles. The van der Waals surface area contributed by atoms with Crippen molar-refractivity contribution in [1.29, 1.82) is 0 Å². The van der Waals surface area contributed by atoms with Gasteiger partial charge in [0.15, 0.2) is 0 Å². The van der Waals surface area contributed by atoms with E-state index in [2.05, 4.69) is 19.8 Å². The Bertz CT molecular complexity index is 360. The van der Waals surface area contributed by atoms with Gasteiger partial charge in [-0.15, -0.1) is 0 Å². The van der Waals surface area contributed by atoms with E-state index in [0.717, 1.165) is 13.1 Å². The van der Waals surface area contributed by atoms with Gasteiger partial charge in [-0.05, 0) is 0 Å². The van der Waals surface area contributed by atoms with Crippen molar-refractivity contribution >= 4 is 0 Å². The van der Waals surface area contributed by atoms with E-state index in [1.54, 1.807) is 12.4 Å². The largest absolute Gasteiger partial charge is 0.475 e. The molecular weight excluding hydrogens is 232 g/mol. The highest BCUT2D eigenvalue weighted by Crippen LogP contribution is 2.12. The summed E-state index contributed by atoms with van der Waals surface area (Å²) in [7, 11) is 0. The molecule has 0 aromatic carbocycles. The molecule has 3 heterocycles. The van der Waals surface area contributed by atoms with E-state index in [4.69, 9.17) is 9.47 Å². The molecule has 0 amide bonds. The number of aromatic nitrogens is 2. The molecule has 1 aromatic rings. The van der Waals surface area contributed by atoms with Crippen molar-refractivity contribution < 1.29 is 9.47 Å². The van der Waals surface area contributed by atoms with Gasteiger partial charge in [0, 0.05) is 39.3 Å². The molecule has 0 atom stereocenters. The van der Waals surface area contributed by atoms with Crippen molar-refractivity contribution in [3.63, 3.8) is 0 Å². The summed E-state index contributed by atoms with van der Waals surface area (Å²) in [6, 6.07) is 0. The lowest BCUT2D eigenvalue weighted by Crippen LogP contribution is -2.13. The van der Waals surface area contributed by atoms with Gasteiger partial charge in [-0.1, -0.05) is 0 Å². The van der Waals surface area contributed by atoms with Gasteiger partial charge >= 0.3 is 0 Å². The zero-order valence-electron chi connectivity index (χ0n) is 10.4. The molecule has 0 radical (unpaired) electrons. The van der Waals surface area contributed by atoms with Crippen LogP contribution in [0.5, 0.6) is 11.8 Å². The topological polar surface area (TPSA) is 50.3 Å². The molecule has 2 fully saturated rings. The summed E-state index contributed by atoms with van der Waals surface area (Å²) in [5.41, 5.74) is 0. The molecule has 0 unspecified atom stereocenters. The molecule has 6 heteroatoms. The van der Waals surface area contributed by atoms with Gasteiger partial charge in [0.05, 0.1) is 12.4 Å². The molecule has 0 bridgehead atoms. The van der Waals surface area contributed by atoms with Crippen LogP contribution in [0.25, 0.3) is 0 Å². The number of hydrogen-bond acceptors (Lipinski definition) is 6. The number of hydrogen-bond donors (Lipinski definition) is 0. The SMILES string of the molecule is c1ncc(OCCN2CC2)nc1OCCN1CC1. The van der Waals surface area contributed by atoms with Crippen LogP contribution in [0.4, 0.5) is 0 Å². The first-order chi connectivity index (χ1) is 8.90. The maximum atomic E-state index is 5.53. The van der Waals surface area contributed by atoms with Crippen molar-refractivity contribution in [1.82, 2.24) is 19.8 Å². The third-order valence-electron chi connectivity index (χ3n) is 2.98. The minimum absolute atomic E-state index is 0.543. The second kappa shape index (κ2) is 5.49. The van der Waals surface area contributed by atoms with E-state index in [0.29, 0.717) is 25.0 Å².